The van der Waals surface area contributed by atoms with Crippen molar-refractivity contribution in [3.63, 3.8) is 0 Å². The van der Waals surface area contributed by atoms with Gasteiger partial charge in [-0.25, -0.2) is 0 Å². The minimum atomic E-state index is -0.189. The highest BCUT2D eigenvalue weighted by Gasteiger charge is 2.30. The minimum Gasteiger partial charge on any atom is -0.378 e. The van der Waals surface area contributed by atoms with E-state index < -0.39 is 0 Å². The first-order valence-electron chi connectivity index (χ1n) is 7.10. The Labute approximate surface area is 104 Å². The molecule has 0 aromatic carbocycles. The Morgan fingerprint density at radius 2 is 2.00 bits per heavy atom. The average molecular weight is 239 g/mol. The van der Waals surface area contributed by atoms with E-state index in [1.54, 1.807) is 0 Å². The van der Waals surface area contributed by atoms with E-state index in [1.807, 2.05) is 0 Å². The zero-order valence-electron chi connectivity index (χ0n) is 10.7. The Bertz CT molecular complexity index is 253. The summed E-state index contributed by atoms with van der Waals surface area (Å²) in [5.41, 5.74) is 6.10. The molecule has 0 aromatic heterocycles. The largest absolute Gasteiger partial charge is 0.378 e. The van der Waals surface area contributed by atoms with Crippen LogP contribution in [0.25, 0.3) is 0 Å². The lowest BCUT2D eigenvalue weighted by Gasteiger charge is -2.32. The monoisotopic (exact) mass is 239 g/mol. The first kappa shape index (κ1) is 13.0. The van der Waals surface area contributed by atoms with E-state index in [4.69, 9.17) is 10.5 Å². The van der Waals surface area contributed by atoms with Crippen LogP contribution in [0.15, 0.2) is 0 Å². The summed E-state index contributed by atoms with van der Waals surface area (Å²) in [6.45, 7) is 0.875. The van der Waals surface area contributed by atoms with Crippen LogP contribution in [0.5, 0.6) is 0 Å². The highest BCUT2D eigenvalue weighted by molar-refractivity contribution is 5.79. The Morgan fingerprint density at radius 1 is 1.24 bits per heavy atom. The van der Waals surface area contributed by atoms with Gasteiger partial charge in [-0.05, 0) is 32.1 Å². The fourth-order valence-electron chi connectivity index (χ4n) is 3.11. The molecule has 2 aliphatic rings. The van der Waals surface area contributed by atoms with Crippen molar-refractivity contribution in [3.05, 3.63) is 0 Å². The van der Waals surface area contributed by atoms with Crippen molar-refractivity contribution in [2.75, 3.05) is 6.61 Å². The van der Waals surface area contributed by atoms with Crippen molar-refractivity contribution in [1.29, 1.82) is 0 Å². The third kappa shape index (κ3) is 4.07. The smallest absolute Gasteiger partial charge is 0.134 e. The molecule has 0 aromatic rings. The van der Waals surface area contributed by atoms with Gasteiger partial charge in [0.05, 0.1) is 6.10 Å². The Balaban J connectivity index is 1.68. The molecule has 1 atom stereocenters. The van der Waals surface area contributed by atoms with Crippen LogP contribution in [-0.2, 0) is 9.53 Å². The van der Waals surface area contributed by atoms with Crippen molar-refractivity contribution >= 4 is 5.78 Å². The van der Waals surface area contributed by atoms with Gasteiger partial charge in [-0.15, -0.1) is 0 Å². The molecule has 2 N–H and O–H groups in total. The summed E-state index contributed by atoms with van der Waals surface area (Å²) in [6, 6.07) is 0. The molecule has 0 bridgehead atoms. The van der Waals surface area contributed by atoms with Crippen LogP contribution in [0.4, 0.5) is 0 Å². The number of hydrogen-bond acceptors (Lipinski definition) is 3. The molecule has 17 heavy (non-hydrogen) atoms. The second-order valence-corrected chi connectivity index (χ2v) is 5.81. The van der Waals surface area contributed by atoms with E-state index in [2.05, 4.69) is 0 Å². The Hall–Kier alpha value is -0.410. The van der Waals surface area contributed by atoms with E-state index in [9.17, 15) is 4.79 Å². The van der Waals surface area contributed by atoms with E-state index in [0.717, 1.165) is 38.7 Å². The Kier molecular flexibility index (Phi) is 4.57. The van der Waals surface area contributed by atoms with Gasteiger partial charge in [0.2, 0.25) is 0 Å². The summed E-state index contributed by atoms with van der Waals surface area (Å²) in [5.74, 6) is 0.338. The molecule has 0 amide bonds. The van der Waals surface area contributed by atoms with Gasteiger partial charge in [-0.3, -0.25) is 4.79 Å². The third-order valence-electron chi connectivity index (χ3n) is 4.17. The number of nitrogens with two attached hydrogens (primary N) is 1. The number of carbonyl (C=O) groups is 1. The molecule has 3 nitrogen and oxygen atoms in total. The lowest BCUT2D eigenvalue weighted by Crippen LogP contribution is -2.43. The standard InChI is InChI=1S/C14H25NO2/c15-14(8-2-1-3-9-14)11-12(16)6-7-13-5-4-10-17-13/h13H,1-11,15H2. The normalized spacial score (nSPS) is 28.2. The second kappa shape index (κ2) is 5.96. The minimum absolute atomic E-state index is 0.189. The predicted molar refractivity (Wildman–Crippen MR) is 67.8 cm³/mol. The molecule has 2 fully saturated rings. The van der Waals surface area contributed by atoms with Crippen molar-refractivity contribution in [1.82, 2.24) is 0 Å². The van der Waals surface area contributed by atoms with Crippen molar-refractivity contribution in [2.45, 2.75) is 75.9 Å². The van der Waals surface area contributed by atoms with Gasteiger partial charge in [-0.2, -0.15) is 0 Å². The number of ether oxygens (including phenoxy) is 1. The van der Waals surface area contributed by atoms with Crippen molar-refractivity contribution in [2.24, 2.45) is 5.73 Å². The molecule has 0 spiro atoms. The van der Waals surface area contributed by atoms with Crippen LogP contribution in [0.2, 0.25) is 0 Å². The SMILES string of the molecule is NC1(CC(=O)CCC2CCCO2)CCCCC1. The number of rotatable bonds is 5. The molecule has 1 saturated carbocycles. The summed E-state index contributed by atoms with van der Waals surface area (Å²) >= 11 is 0. The van der Waals surface area contributed by atoms with E-state index in [1.165, 1.54) is 19.3 Å². The van der Waals surface area contributed by atoms with Crippen LogP contribution in [0.3, 0.4) is 0 Å². The van der Waals surface area contributed by atoms with Crippen LogP contribution < -0.4 is 5.73 Å². The maximum Gasteiger partial charge on any atom is 0.134 e. The average Bonchev–Trinajstić information content (AvgIpc) is 2.79. The molecule has 3 heteroatoms. The molecular weight excluding hydrogens is 214 g/mol. The Morgan fingerprint density at radius 3 is 2.65 bits per heavy atom. The maximum absolute atomic E-state index is 11.9. The van der Waals surface area contributed by atoms with Crippen molar-refractivity contribution < 1.29 is 9.53 Å². The lowest BCUT2D eigenvalue weighted by atomic mass is 9.78. The summed E-state index contributed by atoms with van der Waals surface area (Å²) < 4.78 is 5.53. The number of Topliss-reactive ketones (excluding diaryl/α,β-unsaturated/α-hetero) is 1. The third-order valence-corrected chi connectivity index (χ3v) is 4.17. The molecule has 1 aliphatic heterocycles. The van der Waals surface area contributed by atoms with Crippen LogP contribution in [0.1, 0.15) is 64.2 Å². The summed E-state index contributed by atoms with van der Waals surface area (Å²) in [4.78, 5) is 11.9. The van der Waals surface area contributed by atoms with Gasteiger partial charge in [-0.1, -0.05) is 19.3 Å². The van der Waals surface area contributed by atoms with Gasteiger partial charge in [0.15, 0.2) is 0 Å². The predicted octanol–water partition coefficient (Wildman–Crippen LogP) is 2.57. The summed E-state index contributed by atoms with van der Waals surface area (Å²) in [6.07, 6.45) is 10.5. The fourth-order valence-corrected chi connectivity index (χ4v) is 3.11. The van der Waals surface area contributed by atoms with Gasteiger partial charge in [0.25, 0.3) is 0 Å². The molecule has 98 valence electrons. The molecule has 1 heterocycles. The van der Waals surface area contributed by atoms with Gasteiger partial charge in [0, 0.05) is 25.0 Å². The first-order valence-corrected chi connectivity index (χ1v) is 7.10. The maximum atomic E-state index is 11.9. The van der Waals surface area contributed by atoms with Crippen LogP contribution in [-0.4, -0.2) is 24.0 Å². The fraction of sp³-hybridized carbons (Fsp3) is 0.929. The molecule has 1 saturated heterocycles. The van der Waals surface area contributed by atoms with Gasteiger partial charge >= 0.3 is 0 Å². The highest BCUT2D eigenvalue weighted by atomic mass is 16.5. The van der Waals surface area contributed by atoms with E-state index in [-0.39, 0.29) is 5.54 Å². The van der Waals surface area contributed by atoms with E-state index >= 15 is 0 Å². The first-order chi connectivity index (χ1) is 8.18. The molecule has 1 aliphatic carbocycles. The topological polar surface area (TPSA) is 52.3 Å². The van der Waals surface area contributed by atoms with Gasteiger partial charge in [0.1, 0.15) is 5.78 Å². The highest BCUT2D eigenvalue weighted by Crippen LogP contribution is 2.29. The quantitative estimate of drug-likeness (QED) is 0.802. The van der Waals surface area contributed by atoms with Crippen LogP contribution in [0, 0.1) is 0 Å². The molecular formula is C14H25NO2. The van der Waals surface area contributed by atoms with Crippen LogP contribution >= 0.6 is 0 Å². The molecule has 2 rings (SSSR count). The number of hydrogen-bond donors (Lipinski definition) is 1. The van der Waals surface area contributed by atoms with Gasteiger partial charge < -0.3 is 10.5 Å². The van der Waals surface area contributed by atoms with Crippen molar-refractivity contribution in [3.8, 4) is 0 Å². The lowest BCUT2D eigenvalue weighted by molar-refractivity contribution is -0.121. The van der Waals surface area contributed by atoms with E-state index in [0.29, 0.717) is 24.7 Å². The molecule has 1 unspecified atom stereocenters. The molecule has 0 radical (unpaired) electrons. The summed E-state index contributed by atoms with van der Waals surface area (Å²) in [7, 11) is 0. The zero-order chi connectivity index (χ0) is 12.1. The number of ketones is 1. The summed E-state index contributed by atoms with van der Waals surface area (Å²) in [5, 5.41) is 0. The second-order valence-electron chi connectivity index (χ2n) is 5.81. The number of carbonyl (C=O) groups excluding carboxylic acids is 1. The zero-order valence-corrected chi connectivity index (χ0v) is 10.7.